The second-order valence-electron chi connectivity index (χ2n) is 6.90. The van der Waals surface area contributed by atoms with Gasteiger partial charge >= 0.3 is 6.61 Å². The van der Waals surface area contributed by atoms with E-state index >= 15 is 0 Å². The lowest BCUT2D eigenvalue weighted by Gasteiger charge is -2.41. The lowest BCUT2D eigenvalue weighted by Crippen LogP contribution is -2.46. The van der Waals surface area contributed by atoms with E-state index in [2.05, 4.69) is 49.1 Å². The summed E-state index contributed by atoms with van der Waals surface area (Å²) in [7, 11) is 0. The first kappa shape index (κ1) is 17.5. The Morgan fingerprint density at radius 2 is 1.69 bits per heavy atom. The molecule has 2 aromatic carbocycles. The molecule has 0 amide bonds. The zero-order chi connectivity index (χ0) is 19.8. The first-order valence-electron chi connectivity index (χ1n) is 9.23. The Bertz CT molecular complexity index is 1120. The second kappa shape index (κ2) is 7.12. The van der Waals surface area contributed by atoms with Crippen molar-refractivity contribution in [3.63, 3.8) is 0 Å². The van der Waals surface area contributed by atoms with Gasteiger partial charge in [0, 0.05) is 24.6 Å². The Balaban J connectivity index is 1.45. The number of benzene rings is 2. The number of alkyl halides is 2. The van der Waals surface area contributed by atoms with Crippen LogP contribution in [0.4, 0.5) is 14.6 Å². The summed E-state index contributed by atoms with van der Waals surface area (Å²) in [5, 5.41) is 8.51. The molecule has 0 radical (unpaired) electrons. The molecule has 8 heteroatoms. The molecule has 1 aliphatic rings. The maximum atomic E-state index is 12.4. The fourth-order valence-electron chi connectivity index (χ4n) is 3.63. The fraction of sp³-hybridized carbons (Fsp3) is 0.190. The van der Waals surface area contributed by atoms with E-state index in [1.54, 1.807) is 24.5 Å². The highest BCUT2D eigenvalue weighted by Crippen LogP contribution is 2.33. The van der Waals surface area contributed by atoms with Crippen LogP contribution in [-0.4, -0.2) is 39.3 Å². The highest BCUT2D eigenvalue weighted by Gasteiger charge is 2.30. The Labute approximate surface area is 165 Å². The molecule has 5 rings (SSSR count). The highest BCUT2D eigenvalue weighted by molar-refractivity contribution is 5.64. The third-order valence-electron chi connectivity index (χ3n) is 5.11. The summed E-state index contributed by atoms with van der Waals surface area (Å²) in [5.74, 6) is 2.11. The molecule has 0 unspecified atom stereocenters. The third kappa shape index (κ3) is 3.26. The maximum Gasteiger partial charge on any atom is 0.387 e. The fourth-order valence-corrected chi connectivity index (χ4v) is 3.63. The highest BCUT2D eigenvalue weighted by atomic mass is 19.3. The lowest BCUT2D eigenvalue weighted by atomic mass is 9.91. The van der Waals surface area contributed by atoms with Crippen molar-refractivity contribution >= 4 is 11.5 Å². The van der Waals surface area contributed by atoms with Crippen LogP contribution in [0.5, 0.6) is 5.75 Å². The average molecular weight is 393 g/mol. The Morgan fingerprint density at radius 1 is 0.931 bits per heavy atom. The van der Waals surface area contributed by atoms with E-state index in [0.717, 1.165) is 24.5 Å². The third-order valence-corrected chi connectivity index (χ3v) is 5.11. The number of anilines is 1. The second-order valence-corrected chi connectivity index (χ2v) is 6.90. The summed E-state index contributed by atoms with van der Waals surface area (Å²) in [4.78, 5) is 6.53. The molecule has 29 heavy (non-hydrogen) atoms. The van der Waals surface area contributed by atoms with Crippen LogP contribution >= 0.6 is 0 Å². The Morgan fingerprint density at radius 3 is 2.41 bits per heavy atom. The van der Waals surface area contributed by atoms with Crippen LogP contribution in [0.3, 0.4) is 0 Å². The molecule has 0 saturated carbocycles. The summed E-state index contributed by atoms with van der Waals surface area (Å²) >= 11 is 0. The average Bonchev–Trinajstić information content (AvgIpc) is 3.13. The molecule has 0 bridgehead atoms. The van der Waals surface area contributed by atoms with Crippen LogP contribution < -0.4 is 9.64 Å². The first-order valence-corrected chi connectivity index (χ1v) is 9.23. The molecule has 0 spiro atoms. The number of ether oxygens (including phenoxy) is 1. The summed E-state index contributed by atoms with van der Waals surface area (Å²) in [6, 6.07) is 16.8. The van der Waals surface area contributed by atoms with E-state index in [1.807, 2.05) is 10.5 Å². The van der Waals surface area contributed by atoms with E-state index in [0.29, 0.717) is 17.4 Å². The smallest absolute Gasteiger partial charge is 0.387 e. The van der Waals surface area contributed by atoms with Crippen LogP contribution in [-0.2, 0) is 0 Å². The normalized spacial score (nSPS) is 14.4. The van der Waals surface area contributed by atoms with E-state index in [4.69, 9.17) is 0 Å². The molecule has 1 aliphatic heterocycles. The van der Waals surface area contributed by atoms with Crippen molar-refractivity contribution in [3.8, 4) is 17.1 Å². The number of aromatic nitrogens is 4. The molecule has 0 atom stereocenters. The van der Waals surface area contributed by atoms with Crippen molar-refractivity contribution in [2.75, 3.05) is 18.0 Å². The summed E-state index contributed by atoms with van der Waals surface area (Å²) in [6.45, 7) is -1.09. The molecule has 3 heterocycles. The molecule has 0 N–H and O–H groups in total. The Kier molecular flexibility index (Phi) is 4.31. The van der Waals surface area contributed by atoms with Gasteiger partial charge in [-0.1, -0.05) is 30.3 Å². The van der Waals surface area contributed by atoms with Gasteiger partial charge in [0.1, 0.15) is 11.6 Å². The lowest BCUT2D eigenvalue weighted by molar-refractivity contribution is -0.0498. The molecule has 6 nitrogen and oxygen atoms in total. The zero-order valence-corrected chi connectivity index (χ0v) is 15.3. The van der Waals surface area contributed by atoms with E-state index < -0.39 is 6.61 Å². The largest absolute Gasteiger partial charge is 0.435 e. The quantitative estimate of drug-likeness (QED) is 0.513. The predicted octanol–water partition coefficient (Wildman–Crippen LogP) is 4.00. The maximum absolute atomic E-state index is 12.4. The molecule has 146 valence electrons. The topological polar surface area (TPSA) is 55.6 Å². The minimum atomic E-state index is -2.85. The number of nitrogens with zero attached hydrogens (tertiary/aromatic N) is 5. The summed E-state index contributed by atoms with van der Waals surface area (Å²) in [5.41, 5.74) is 2.71. The van der Waals surface area contributed by atoms with E-state index in [1.165, 1.54) is 17.7 Å². The standard InChI is InChI=1S/C21H17F2N5O/c22-21(23)29-17-8-6-15(7-9-17)20-26-25-18-10-24-11-19(28(18)20)27-12-16(13-27)14-4-2-1-3-5-14/h1-11,16,21H,12-13H2. The molecule has 1 fully saturated rings. The molecule has 0 aliphatic carbocycles. The molecule has 2 aromatic heterocycles. The van der Waals surface area contributed by atoms with Crippen molar-refractivity contribution in [2.24, 2.45) is 0 Å². The number of hydrogen-bond donors (Lipinski definition) is 0. The number of fused-ring (bicyclic) bond motifs is 1. The first-order chi connectivity index (χ1) is 14.2. The van der Waals surface area contributed by atoms with Gasteiger partial charge < -0.3 is 9.64 Å². The van der Waals surface area contributed by atoms with Gasteiger partial charge in [0.2, 0.25) is 0 Å². The SMILES string of the molecule is FC(F)Oc1ccc(-c2nnc3cncc(N4CC(c5ccccc5)C4)n23)cc1. The molecular formula is C21H17F2N5O. The van der Waals surface area contributed by atoms with Crippen LogP contribution in [0.1, 0.15) is 11.5 Å². The number of halogens is 2. The van der Waals surface area contributed by atoms with Crippen molar-refractivity contribution in [1.82, 2.24) is 19.6 Å². The van der Waals surface area contributed by atoms with Crippen molar-refractivity contribution in [3.05, 3.63) is 72.6 Å². The van der Waals surface area contributed by atoms with E-state index in [9.17, 15) is 8.78 Å². The van der Waals surface area contributed by atoms with Gasteiger partial charge in [0.25, 0.3) is 0 Å². The molecular weight excluding hydrogens is 376 g/mol. The van der Waals surface area contributed by atoms with Gasteiger partial charge in [0.05, 0.1) is 12.4 Å². The summed E-state index contributed by atoms with van der Waals surface area (Å²) < 4.78 is 31.1. The number of hydrogen-bond acceptors (Lipinski definition) is 5. The van der Waals surface area contributed by atoms with Gasteiger partial charge in [0.15, 0.2) is 11.5 Å². The van der Waals surface area contributed by atoms with Gasteiger partial charge in [-0.05, 0) is 29.8 Å². The Hall–Kier alpha value is -3.55. The van der Waals surface area contributed by atoms with Gasteiger partial charge in [-0.15, -0.1) is 10.2 Å². The predicted molar refractivity (Wildman–Crippen MR) is 104 cm³/mol. The molecule has 1 saturated heterocycles. The van der Waals surface area contributed by atoms with Gasteiger partial charge in [-0.3, -0.25) is 9.38 Å². The number of rotatable bonds is 5. The minimum absolute atomic E-state index is 0.105. The molecule has 4 aromatic rings. The minimum Gasteiger partial charge on any atom is -0.435 e. The van der Waals surface area contributed by atoms with Crippen molar-refractivity contribution < 1.29 is 13.5 Å². The van der Waals surface area contributed by atoms with Gasteiger partial charge in [-0.25, -0.2) is 0 Å². The van der Waals surface area contributed by atoms with Gasteiger partial charge in [-0.2, -0.15) is 8.78 Å². The van der Waals surface area contributed by atoms with Crippen molar-refractivity contribution in [2.45, 2.75) is 12.5 Å². The van der Waals surface area contributed by atoms with Crippen molar-refractivity contribution in [1.29, 1.82) is 0 Å². The zero-order valence-electron chi connectivity index (χ0n) is 15.3. The summed E-state index contributed by atoms with van der Waals surface area (Å²) in [6.07, 6.45) is 3.46. The van der Waals surface area contributed by atoms with Crippen LogP contribution in [0.2, 0.25) is 0 Å². The van der Waals surface area contributed by atoms with Crippen LogP contribution in [0.15, 0.2) is 67.0 Å². The van der Waals surface area contributed by atoms with Crippen LogP contribution in [0, 0.1) is 0 Å². The van der Waals surface area contributed by atoms with E-state index in [-0.39, 0.29) is 5.75 Å². The van der Waals surface area contributed by atoms with Crippen LogP contribution in [0.25, 0.3) is 17.0 Å². The monoisotopic (exact) mass is 393 g/mol.